The second kappa shape index (κ2) is 5.96. The van der Waals surface area contributed by atoms with Crippen LogP contribution in [-0.2, 0) is 19.1 Å². The maximum absolute atomic E-state index is 11.9. The SMILES string of the molecule is Cc1cnc(C)c(N2CCCNCC23OC(=O)C=CC(=O)O3)n1. The Morgan fingerprint density at radius 3 is 2.61 bits per heavy atom. The van der Waals surface area contributed by atoms with Gasteiger partial charge < -0.3 is 14.8 Å². The summed E-state index contributed by atoms with van der Waals surface area (Å²) in [5.41, 5.74) is 1.39. The average molecular weight is 318 g/mol. The van der Waals surface area contributed by atoms with Crippen molar-refractivity contribution in [1.82, 2.24) is 15.3 Å². The van der Waals surface area contributed by atoms with E-state index in [0.717, 1.165) is 24.3 Å². The number of carbonyl (C=O) groups excluding carboxylic acids is 2. The van der Waals surface area contributed by atoms with Gasteiger partial charge in [0.25, 0.3) is 0 Å². The summed E-state index contributed by atoms with van der Waals surface area (Å²) < 4.78 is 11.0. The lowest BCUT2D eigenvalue weighted by Crippen LogP contribution is -2.59. The minimum Gasteiger partial charge on any atom is -0.399 e. The Morgan fingerprint density at radius 1 is 1.22 bits per heavy atom. The summed E-state index contributed by atoms with van der Waals surface area (Å²) in [6.07, 6.45) is 4.57. The summed E-state index contributed by atoms with van der Waals surface area (Å²) in [7, 11) is 0. The van der Waals surface area contributed by atoms with Crippen molar-refractivity contribution in [2.24, 2.45) is 0 Å². The zero-order valence-electron chi connectivity index (χ0n) is 13.0. The van der Waals surface area contributed by atoms with Gasteiger partial charge in [0.1, 0.15) is 0 Å². The highest BCUT2D eigenvalue weighted by Crippen LogP contribution is 2.30. The van der Waals surface area contributed by atoms with Gasteiger partial charge >= 0.3 is 17.8 Å². The normalized spacial score (nSPS) is 20.7. The van der Waals surface area contributed by atoms with E-state index in [9.17, 15) is 9.59 Å². The predicted octanol–water partition coefficient (Wildman–Crippen LogP) is 0.203. The molecule has 122 valence electrons. The fourth-order valence-electron chi connectivity index (χ4n) is 2.64. The highest BCUT2D eigenvalue weighted by Gasteiger charge is 2.47. The zero-order chi connectivity index (χ0) is 16.4. The third kappa shape index (κ3) is 3.02. The summed E-state index contributed by atoms with van der Waals surface area (Å²) in [5, 5.41) is 3.14. The van der Waals surface area contributed by atoms with Crippen molar-refractivity contribution in [2.75, 3.05) is 24.5 Å². The van der Waals surface area contributed by atoms with Gasteiger partial charge in [-0.2, -0.15) is 0 Å². The molecule has 1 aromatic rings. The molecule has 3 rings (SSSR count). The van der Waals surface area contributed by atoms with Gasteiger partial charge in [-0.25, -0.2) is 14.6 Å². The van der Waals surface area contributed by atoms with Crippen LogP contribution in [0.3, 0.4) is 0 Å². The Hall–Kier alpha value is -2.48. The lowest BCUT2D eigenvalue weighted by molar-refractivity contribution is -0.217. The molecular weight excluding hydrogens is 300 g/mol. The van der Waals surface area contributed by atoms with Crippen molar-refractivity contribution in [1.29, 1.82) is 0 Å². The van der Waals surface area contributed by atoms with Crippen LogP contribution < -0.4 is 10.2 Å². The molecule has 0 radical (unpaired) electrons. The molecule has 0 aliphatic carbocycles. The molecule has 2 aliphatic heterocycles. The maximum atomic E-state index is 11.9. The molecule has 0 bridgehead atoms. The Bertz CT molecular complexity index is 653. The largest absolute Gasteiger partial charge is 0.399 e. The number of nitrogens with zero attached hydrogens (tertiary/aromatic N) is 3. The third-order valence-corrected chi connectivity index (χ3v) is 3.68. The molecule has 0 amide bonds. The standard InChI is InChI=1S/C15H18N4O4/c1-10-8-17-11(2)14(18-10)19-7-3-6-16-9-15(19)22-12(20)4-5-13(21)23-15/h4-5,8,16H,3,6-7,9H2,1-2H3. The molecule has 8 nitrogen and oxygen atoms in total. The van der Waals surface area contributed by atoms with Crippen LogP contribution in [-0.4, -0.2) is 47.5 Å². The Labute approximate surface area is 133 Å². The first kappa shape index (κ1) is 15.4. The van der Waals surface area contributed by atoms with Gasteiger partial charge in [-0.15, -0.1) is 0 Å². The summed E-state index contributed by atoms with van der Waals surface area (Å²) in [5.74, 6) is -2.30. The number of hydrogen-bond donors (Lipinski definition) is 1. The number of esters is 2. The van der Waals surface area contributed by atoms with Crippen molar-refractivity contribution < 1.29 is 19.1 Å². The fourth-order valence-corrected chi connectivity index (χ4v) is 2.64. The predicted molar refractivity (Wildman–Crippen MR) is 80.4 cm³/mol. The maximum Gasteiger partial charge on any atom is 0.357 e. The van der Waals surface area contributed by atoms with E-state index in [1.165, 1.54) is 0 Å². The van der Waals surface area contributed by atoms with Gasteiger partial charge in [0.05, 0.1) is 17.9 Å². The first-order chi connectivity index (χ1) is 11.0. The number of aryl methyl sites for hydroxylation is 2. The Balaban J connectivity index is 2.08. The smallest absolute Gasteiger partial charge is 0.357 e. The van der Waals surface area contributed by atoms with Gasteiger partial charge in [-0.05, 0) is 26.8 Å². The molecule has 23 heavy (non-hydrogen) atoms. The van der Waals surface area contributed by atoms with Crippen LogP contribution in [0.25, 0.3) is 0 Å². The molecule has 8 heteroatoms. The number of hydrogen-bond acceptors (Lipinski definition) is 8. The van der Waals surface area contributed by atoms with Gasteiger partial charge in [0.15, 0.2) is 5.82 Å². The highest BCUT2D eigenvalue weighted by molar-refractivity contribution is 5.93. The monoisotopic (exact) mass is 318 g/mol. The van der Waals surface area contributed by atoms with Crippen LogP contribution in [0.2, 0.25) is 0 Å². The summed E-state index contributed by atoms with van der Waals surface area (Å²) in [4.78, 5) is 34.3. The van der Waals surface area contributed by atoms with Crippen LogP contribution in [0.4, 0.5) is 5.82 Å². The Morgan fingerprint density at radius 2 is 1.91 bits per heavy atom. The number of anilines is 1. The lowest BCUT2D eigenvalue weighted by atomic mass is 10.3. The van der Waals surface area contributed by atoms with E-state index in [1.54, 1.807) is 11.1 Å². The minimum atomic E-state index is -1.57. The topological polar surface area (TPSA) is 93.7 Å². The number of aromatic nitrogens is 2. The van der Waals surface area contributed by atoms with Gasteiger partial charge in [0, 0.05) is 24.9 Å². The third-order valence-electron chi connectivity index (χ3n) is 3.68. The van der Waals surface area contributed by atoms with Crippen LogP contribution in [0.1, 0.15) is 17.8 Å². The van der Waals surface area contributed by atoms with E-state index in [-0.39, 0.29) is 6.54 Å². The van der Waals surface area contributed by atoms with Crippen molar-refractivity contribution in [3.8, 4) is 0 Å². The second-order valence-corrected chi connectivity index (χ2v) is 5.49. The van der Waals surface area contributed by atoms with Crippen LogP contribution >= 0.6 is 0 Å². The number of rotatable bonds is 1. The van der Waals surface area contributed by atoms with E-state index < -0.39 is 17.8 Å². The number of ether oxygens (including phenoxy) is 2. The molecule has 0 unspecified atom stereocenters. The van der Waals surface area contributed by atoms with E-state index in [4.69, 9.17) is 9.47 Å². The van der Waals surface area contributed by atoms with Crippen molar-refractivity contribution >= 4 is 17.8 Å². The average Bonchev–Trinajstić information content (AvgIpc) is 2.78. The van der Waals surface area contributed by atoms with E-state index >= 15 is 0 Å². The number of nitrogens with one attached hydrogen (secondary N) is 1. The molecule has 1 aromatic heterocycles. The summed E-state index contributed by atoms with van der Waals surface area (Å²) >= 11 is 0. The van der Waals surface area contributed by atoms with Gasteiger partial charge in [0.2, 0.25) is 0 Å². The van der Waals surface area contributed by atoms with Crippen LogP contribution in [0, 0.1) is 13.8 Å². The molecule has 1 saturated heterocycles. The summed E-state index contributed by atoms with van der Waals surface area (Å²) in [6, 6.07) is 0. The van der Waals surface area contributed by atoms with E-state index in [1.807, 2.05) is 13.8 Å². The summed E-state index contributed by atoms with van der Waals surface area (Å²) in [6.45, 7) is 5.00. The van der Waals surface area contributed by atoms with Gasteiger partial charge in [-0.1, -0.05) is 0 Å². The van der Waals surface area contributed by atoms with E-state index in [0.29, 0.717) is 24.6 Å². The molecule has 3 heterocycles. The molecule has 0 saturated carbocycles. The molecular formula is C15H18N4O4. The molecule has 1 fully saturated rings. The fraction of sp³-hybridized carbons (Fsp3) is 0.467. The van der Waals surface area contributed by atoms with Crippen LogP contribution in [0.5, 0.6) is 0 Å². The molecule has 0 atom stereocenters. The van der Waals surface area contributed by atoms with Crippen molar-refractivity contribution in [2.45, 2.75) is 26.2 Å². The highest BCUT2D eigenvalue weighted by atomic mass is 16.8. The molecule has 1 spiro atoms. The second-order valence-electron chi connectivity index (χ2n) is 5.49. The van der Waals surface area contributed by atoms with Crippen molar-refractivity contribution in [3.05, 3.63) is 29.7 Å². The molecule has 2 aliphatic rings. The first-order valence-electron chi connectivity index (χ1n) is 7.43. The van der Waals surface area contributed by atoms with Gasteiger partial charge in [-0.3, -0.25) is 9.88 Å². The minimum absolute atomic E-state index is 0.154. The zero-order valence-corrected chi connectivity index (χ0v) is 13.0. The lowest BCUT2D eigenvalue weighted by Gasteiger charge is -2.39. The molecule has 0 aromatic carbocycles. The van der Waals surface area contributed by atoms with Crippen LogP contribution in [0.15, 0.2) is 18.3 Å². The quantitative estimate of drug-likeness (QED) is 0.734. The number of carbonyl (C=O) groups is 2. The Kier molecular flexibility index (Phi) is 3.99. The van der Waals surface area contributed by atoms with E-state index in [2.05, 4.69) is 15.3 Å². The van der Waals surface area contributed by atoms with Crippen molar-refractivity contribution in [3.63, 3.8) is 0 Å². The first-order valence-corrected chi connectivity index (χ1v) is 7.43. The molecule has 1 N–H and O–H groups in total.